The van der Waals surface area contributed by atoms with Gasteiger partial charge in [0.05, 0.1) is 0 Å². The molecule has 0 aromatic heterocycles. The first-order chi connectivity index (χ1) is 5.75. The van der Waals surface area contributed by atoms with Gasteiger partial charge in [-0.1, -0.05) is 12.1 Å². The van der Waals surface area contributed by atoms with Crippen molar-refractivity contribution in [1.82, 2.24) is 0 Å². The van der Waals surface area contributed by atoms with E-state index >= 15 is 0 Å². The summed E-state index contributed by atoms with van der Waals surface area (Å²) in [4.78, 5) is 0. The lowest BCUT2D eigenvalue weighted by Crippen LogP contribution is -2.04. The molecule has 12 heavy (non-hydrogen) atoms. The van der Waals surface area contributed by atoms with Crippen molar-refractivity contribution >= 4 is 5.69 Å². The van der Waals surface area contributed by atoms with E-state index in [2.05, 4.69) is 18.3 Å². The van der Waals surface area contributed by atoms with Gasteiger partial charge in [-0.25, -0.2) is 4.39 Å². The molecule has 1 N–H and O–H groups in total. The van der Waals surface area contributed by atoms with Crippen molar-refractivity contribution in [2.75, 3.05) is 18.5 Å². The molecule has 0 fully saturated rings. The topological polar surface area (TPSA) is 12.0 Å². The summed E-state index contributed by atoms with van der Waals surface area (Å²) in [6.45, 7) is 4.16. The van der Waals surface area contributed by atoms with Crippen LogP contribution in [0.2, 0.25) is 0 Å². The van der Waals surface area contributed by atoms with Crippen LogP contribution in [0.25, 0.3) is 0 Å². The predicted molar refractivity (Wildman–Crippen MR) is 50.4 cm³/mol. The Balaban J connectivity index is 2.78. The van der Waals surface area contributed by atoms with Crippen molar-refractivity contribution in [3.8, 4) is 0 Å². The predicted octanol–water partition coefficient (Wildman–Crippen LogP) is 2.68. The quantitative estimate of drug-likeness (QED) is 0.729. The maximum absolute atomic E-state index is 11.8. The highest BCUT2D eigenvalue weighted by Crippen LogP contribution is 2.17. The Hall–Kier alpha value is -1.05. The molecule has 0 aliphatic rings. The van der Waals surface area contributed by atoms with E-state index in [1.54, 1.807) is 0 Å². The van der Waals surface area contributed by atoms with E-state index in [1.807, 2.05) is 19.1 Å². The zero-order valence-corrected chi connectivity index (χ0v) is 7.52. The largest absolute Gasteiger partial charge is 0.382 e. The van der Waals surface area contributed by atoms with E-state index in [0.717, 1.165) is 5.69 Å². The average molecular weight is 167 g/mol. The summed E-state index contributed by atoms with van der Waals surface area (Å²) >= 11 is 0. The number of anilines is 1. The number of rotatable bonds is 3. The van der Waals surface area contributed by atoms with Gasteiger partial charge in [0, 0.05) is 12.2 Å². The van der Waals surface area contributed by atoms with Gasteiger partial charge < -0.3 is 5.32 Å². The van der Waals surface area contributed by atoms with Crippen molar-refractivity contribution in [3.63, 3.8) is 0 Å². The minimum Gasteiger partial charge on any atom is -0.382 e. The lowest BCUT2D eigenvalue weighted by Gasteiger charge is -2.09. The molecule has 0 atom stereocenters. The molecule has 1 aromatic rings. The Morgan fingerprint density at radius 2 is 2.08 bits per heavy atom. The molecule has 0 bridgehead atoms. The molecule has 0 heterocycles. The molecule has 1 aromatic carbocycles. The van der Waals surface area contributed by atoms with E-state index in [0.29, 0.717) is 6.54 Å². The van der Waals surface area contributed by atoms with Crippen LogP contribution in [0.15, 0.2) is 18.2 Å². The number of hydrogen-bond acceptors (Lipinski definition) is 1. The van der Waals surface area contributed by atoms with Gasteiger partial charge in [0.25, 0.3) is 0 Å². The summed E-state index contributed by atoms with van der Waals surface area (Å²) in [5, 5.41) is 3.03. The van der Waals surface area contributed by atoms with Crippen molar-refractivity contribution in [3.05, 3.63) is 29.3 Å². The molecule has 0 aliphatic heterocycles. The lowest BCUT2D eigenvalue weighted by atomic mass is 10.1. The Kier molecular flexibility index (Phi) is 3.09. The zero-order chi connectivity index (χ0) is 8.97. The van der Waals surface area contributed by atoms with Crippen LogP contribution in [0.4, 0.5) is 10.1 Å². The lowest BCUT2D eigenvalue weighted by molar-refractivity contribution is 0.512. The fraction of sp³-hybridized carbons (Fsp3) is 0.400. The molecular formula is C10H14FN. The number of benzene rings is 1. The van der Waals surface area contributed by atoms with Crippen LogP contribution in [0.5, 0.6) is 0 Å². The monoisotopic (exact) mass is 167 g/mol. The van der Waals surface area contributed by atoms with Crippen LogP contribution in [0, 0.1) is 13.8 Å². The average Bonchev–Trinajstić information content (AvgIpc) is 2.08. The van der Waals surface area contributed by atoms with Gasteiger partial charge in [0.15, 0.2) is 0 Å². The fourth-order valence-corrected chi connectivity index (χ4v) is 1.12. The first-order valence-electron chi connectivity index (χ1n) is 4.11. The molecule has 1 nitrogen and oxygen atoms in total. The second kappa shape index (κ2) is 4.10. The highest BCUT2D eigenvalue weighted by atomic mass is 19.1. The van der Waals surface area contributed by atoms with Crippen molar-refractivity contribution in [2.45, 2.75) is 13.8 Å². The molecule has 0 unspecified atom stereocenters. The Morgan fingerprint density at radius 3 is 2.75 bits per heavy atom. The van der Waals surface area contributed by atoms with Gasteiger partial charge in [0.2, 0.25) is 0 Å². The third-order valence-electron chi connectivity index (χ3n) is 2.01. The first-order valence-corrected chi connectivity index (χ1v) is 4.11. The van der Waals surface area contributed by atoms with Gasteiger partial charge in [-0.3, -0.25) is 0 Å². The summed E-state index contributed by atoms with van der Waals surface area (Å²) in [6.07, 6.45) is 0. The van der Waals surface area contributed by atoms with Crippen molar-refractivity contribution < 1.29 is 4.39 Å². The minimum absolute atomic E-state index is 0.326. The number of hydrogen-bond donors (Lipinski definition) is 1. The number of aryl methyl sites for hydroxylation is 1. The van der Waals surface area contributed by atoms with Crippen LogP contribution in [-0.4, -0.2) is 13.2 Å². The van der Waals surface area contributed by atoms with E-state index in [-0.39, 0.29) is 6.67 Å². The third-order valence-corrected chi connectivity index (χ3v) is 2.01. The Bertz CT molecular complexity index is 258. The summed E-state index contributed by atoms with van der Waals surface area (Å²) in [7, 11) is 0. The fourth-order valence-electron chi connectivity index (χ4n) is 1.12. The number of alkyl halides is 1. The van der Waals surface area contributed by atoms with Crippen LogP contribution in [-0.2, 0) is 0 Å². The summed E-state index contributed by atoms with van der Waals surface area (Å²) in [5.74, 6) is 0. The maximum atomic E-state index is 11.8. The van der Waals surface area contributed by atoms with E-state index in [1.165, 1.54) is 11.1 Å². The smallest absolute Gasteiger partial charge is 0.107 e. The molecule has 0 aliphatic carbocycles. The zero-order valence-electron chi connectivity index (χ0n) is 7.52. The highest BCUT2D eigenvalue weighted by Gasteiger charge is 1.98. The van der Waals surface area contributed by atoms with Gasteiger partial charge >= 0.3 is 0 Å². The molecule has 1 rings (SSSR count). The molecule has 0 saturated heterocycles. The molecule has 0 spiro atoms. The van der Waals surface area contributed by atoms with E-state index < -0.39 is 0 Å². The Morgan fingerprint density at radius 1 is 1.33 bits per heavy atom. The minimum atomic E-state index is -0.326. The highest BCUT2D eigenvalue weighted by molar-refractivity contribution is 5.53. The molecule has 66 valence electrons. The van der Waals surface area contributed by atoms with Gasteiger partial charge in [-0.05, 0) is 31.0 Å². The maximum Gasteiger partial charge on any atom is 0.107 e. The SMILES string of the molecule is Cc1cccc(NCCF)c1C. The third kappa shape index (κ3) is 1.97. The van der Waals surface area contributed by atoms with Crippen molar-refractivity contribution in [2.24, 2.45) is 0 Å². The van der Waals surface area contributed by atoms with Gasteiger partial charge in [-0.15, -0.1) is 0 Å². The standard InChI is InChI=1S/C10H14FN/c1-8-4-3-5-10(9(8)2)12-7-6-11/h3-5,12H,6-7H2,1-2H3. The normalized spacial score (nSPS) is 9.92. The number of halogens is 1. The van der Waals surface area contributed by atoms with E-state index in [9.17, 15) is 4.39 Å². The summed E-state index contributed by atoms with van der Waals surface area (Å²) in [6, 6.07) is 6.00. The first kappa shape index (κ1) is 9.04. The van der Waals surface area contributed by atoms with Crippen LogP contribution < -0.4 is 5.32 Å². The van der Waals surface area contributed by atoms with Gasteiger partial charge in [-0.2, -0.15) is 0 Å². The second-order valence-corrected chi connectivity index (χ2v) is 2.86. The van der Waals surface area contributed by atoms with Crippen LogP contribution >= 0.6 is 0 Å². The molecule has 0 amide bonds. The van der Waals surface area contributed by atoms with Crippen LogP contribution in [0.1, 0.15) is 11.1 Å². The molecule has 0 saturated carbocycles. The Labute approximate surface area is 72.6 Å². The van der Waals surface area contributed by atoms with Crippen molar-refractivity contribution in [1.29, 1.82) is 0 Å². The second-order valence-electron chi connectivity index (χ2n) is 2.86. The van der Waals surface area contributed by atoms with Gasteiger partial charge in [0.1, 0.15) is 6.67 Å². The molecule has 0 radical (unpaired) electrons. The molecular weight excluding hydrogens is 153 g/mol. The number of nitrogens with one attached hydrogen (secondary N) is 1. The summed E-state index contributed by atoms with van der Waals surface area (Å²) < 4.78 is 11.8. The van der Waals surface area contributed by atoms with E-state index in [4.69, 9.17) is 0 Å². The summed E-state index contributed by atoms with van der Waals surface area (Å²) in [5.41, 5.74) is 3.47. The van der Waals surface area contributed by atoms with Crippen LogP contribution in [0.3, 0.4) is 0 Å². The molecule has 2 heteroatoms.